The lowest BCUT2D eigenvalue weighted by atomic mass is 10.1. The molecule has 0 N–H and O–H groups in total. The molecule has 1 fully saturated rings. The van der Waals surface area contributed by atoms with Crippen molar-refractivity contribution in [3.8, 4) is 0 Å². The lowest BCUT2D eigenvalue weighted by Gasteiger charge is -2.53. The minimum atomic E-state index is -1.82. The van der Waals surface area contributed by atoms with Crippen LogP contribution in [0, 0.1) is 0 Å². The van der Waals surface area contributed by atoms with E-state index in [1.54, 1.807) is 0 Å². The molecule has 1 aliphatic heterocycles. The third-order valence-electron chi connectivity index (χ3n) is 3.58. The molecule has 0 saturated carbocycles. The largest absolute Gasteiger partial charge is 0.359 e. The van der Waals surface area contributed by atoms with Crippen molar-refractivity contribution in [2.75, 3.05) is 0 Å². The summed E-state index contributed by atoms with van der Waals surface area (Å²) in [6.07, 6.45) is 1.32. The second-order valence-electron chi connectivity index (χ2n) is 5.48. The third-order valence-corrected chi connectivity index (χ3v) is 9.04. The molecule has 0 aromatic rings. The fourth-order valence-electron chi connectivity index (χ4n) is 1.64. The summed E-state index contributed by atoms with van der Waals surface area (Å²) in [6, 6.07) is -0.150. The van der Waals surface area contributed by atoms with Crippen molar-refractivity contribution >= 4 is 20.4 Å². The Labute approximate surface area is 86.6 Å². The number of hydrogen-bond acceptors (Lipinski definition) is 2. The van der Waals surface area contributed by atoms with Gasteiger partial charge in [-0.1, -0.05) is 33.9 Å². The number of amides is 1. The summed E-state index contributed by atoms with van der Waals surface area (Å²) in [7, 11) is -1.82. The summed E-state index contributed by atoms with van der Waals surface area (Å²) < 4.78 is 1.85. The summed E-state index contributed by atoms with van der Waals surface area (Å²) in [5.41, 5.74) is 0. The van der Waals surface area contributed by atoms with Gasteiger partial charge in [0.05, 0.1) is 12.5 Å². The molecular weight excluding hydrogens is 194 g/mol. The molecule has 0 aliphatic carbocycles. The van der Waals surface area contributed by atoms with Gasteiger partial charge in [-0.05, 0) is 5.04 Å². The number of nitrogens with zero attached hydrogens (tertiary/aromatic N) is 1. The van der Waals surface area contributed by atoms with Gasteiger partial charge in [0.25, 0.3) is 0 Å². The van der Waals surface area contributed by atoms with Gasteiger partial charge in [-0.15, -0.1) is 0 Å². The van der Waals surface area contributed by atoms with Gasteiger partial charge < -0.3 is 9.36 Å². The predicted molar refractivity (Wildman–Crippen MR) is 58.5 cm³/mol. The van der Waals surface area contributed by atoms with E-state index in [0.717, 1.165) is 6.29 Å². The molecule has 1 heterocycles. The van der Waals surface area contributed by atoms with Crippen LogP contribution in [-0.4, -0.2) is 31.0 Å². The first-order chi connectivity index (χ1) is 6.21. The molecule has 1 atom stereocenters. The Kier molecular flexibility index (Phi) is 2.60. The van der Waals surface area contributed by atoms with Gasteiger partial charge in [-0.25, -0.2) is 0 Å². The van der Waals surface area contributed by atoms with E-state index in [0.29, 0.717) is 6.42 Å². The van der Waals surface area contributed by atoms with Gasteiger partial charge >= 0.3 is 0 Å². The molecule has 0 spiro atoms. The van der Waals surface area contributed by atoms with E-state index < -0.39 is 8.24 Å². The smallest absolute Gasteiger partial charge is 0.217 e. The zero-order valence-corrected chi connectivity index (χ0v) is 10.6. The maximum atomic E-state index is 11.5. The van der Waals surface area contributed by atoms with Crippen LogP contribution in [0.5, 0.6) is 0 Å². The minimum absolute atomic E-state index is 0.115. The first-order valence-corrected chi connectivity index (χ1v) is 7.94. The van der Waals surface area contributed by atoms with Crippen molar-refractivity contribution in [3.63, 3.8) is 0 Å². The molecule has 0 aromatic carbocycles. The maximum absolute atomic E-state index is 11.5. The van der Waals surface area contributed by atoms with E-state index in [4.69, 9.17) is 0 Å². The van der Waals surface area contributed by atoms with Crippen molar-refractivity contribution in [1.29, 1.82) is 0 Å². The molecule has 0 radical (unpaired) electrons. The highest BCUT2D eigenvalue weighted by Gasteiger charge is 2.51. The molecule has 4 heteroatoms. The van der Waals surface area contributed by atoms with Crippen LogP contribution in [0.15, 0.2) is 0 Å². The summed E-state index contributed by atoms with van der Waals surface area (Å²) in [4.78, 5) is 22.2. The number of rotatable bonds is 2. The third kappa shape index (κ3) is 1.51. The van der Waals surface area contributed by atoms with Gasteiger partial charge in [-0.2, -0.15) is 0 Å². The summed E-state index contributed by atoms with van der Waals surface area (Å²) in [6.45, 7) is 10.7. The second kappa shape index (κ2) is 3.19. The number of β-lactam (4-membered cyclic amide) rings is 1. The van der Waals surface area contributed by atoms with Crippen molar-refractivity contribution < 1.29 is 9.59 Å². The fourth-order valence-corrected chi connectivity index (χ4v) is 4.06. The number of carbonyl (C=O) groups excluding carboxylic acids is 2. The summed E-state index contributed by atoms with van der Waals surface area (Å²) in [5.74, 6) is 0.147. The number of carbonyl (C=O) groups is 2. The van der Waals surface area contributed by atoms with Crippen LogP contribution in [0.3, 0.4) is 0 Å². The van der Waals surface area contributed by atoms with Crippen molar-refractivity contribution in [3.05, 3.63) is 0 Å². The number of aldehydes is 1. The first kappa shape index (κ1) is 11.4. The molecule has 0 aromatic heterocycles. The lowest BCUT2D eigenvalue weighted by Crippen LogP contribution is -2.68. The Hall–Kier alpha value is -0.643. The van der Waals surface area contributed by atoms with Gasteiger partial charge in [0, 0.05) is 0 Å². The normalized spacial score (nSPS) is 23.4. The quantitative estimate of drug-likeness (QED) is 0.398. The van der Waals surface area contributed by atoms with Crippen molar-refractivity contribution in [2.45, 2.75) is 51.4 Å². The van der Waals surface area contributed by atoms with E-state index in [1.165, 1.54) is 0 Å². The average Bonchev–Trinajstić information content (AvgIpc) is 1.96. The summed E-state index contributed by atoms with van der Waals surface area (Å²) in [5, 5.41) is 0.115. The Morgan fingerprint density at radius 1 is 1.43 bits per heavy atom. The molecule has 80 valence electrons. The zero-order valence-electron chi connectivity index (χ0n) is 9.63. The standard InChI is InChI=1S/C10H19NO2Si/c1-10(2,3)14(4,5)11-8(7-12)6-9(11)13/h7-8H,6H2,1-5H3. The highest BCUT2D eigenvalue weighted by atomic mass is 28.3. The van der Waals surface area contributed by atoms with Crippen LogP contribution in [-0.2, 0) is 9.59 Å². The summed E-state index contributed by atoms with van der Waals surface area (Å²) >= 11 is 0. The predicted octanol–water partition coefficient (Wildman–Crippen LogP) is 1.79. The monoisotopic (exact) mass is 213 g/mol. The van der Waals surface area contributed by atoms with E-state index >= 15 is 0 Å². The average molecular weight is 213 g/mol. The topological polar surface area (TPSA) is 37.4 Å². The maximum Gasteiger partial charge on any atom is 0.217 e. The lowest BCUT2D eigenvalue weighted by molar-refractivity contribution is -0.142. The fraction of sp³-hybridized carbons (Fsp3) is 0.800. The van der Waals surface area contributed by atoms with E-state index in [2.05, 4.69) is 33.9 Å². The highest BCUT2D eigenvalue weighted by Crippen LogP contribution is 2.42. The molecule has 3 nitrogen and oxygen atoms in total. The molecule has 1 amide bonds. The van der Waals surface area contributed by atoms with Gasteiger partial charge in [-0.3, -0.25) is 4.79 Å². The van der Waals surface area contributed by atoms with Crippen LogP contribution in [0.1, 0.15) is 27.2 Å². The van der Waals surface area contributed by atoms with Crippen molar-refractivity contribution in [1.82, 2.24) is 4.57 Å². The van der Waals surface area contributed by atoms with Crippen LogP contribution in [0.4, 0.5) is 0 Å². The molecule has 1 saturated heterocycles. The molecule has 14 heavy (non-hydrogen) atoms. The first-order valence-electron chi connectivity index (χ1n) is 4.99. The van der Waals surface area contributed by atoms with Crippen molar-refractivity contribution in [2.24, 2.45) is 0 Å². The second-order valence-corrected chi connectivity index (χ2v) is 10.6. The molecule has 0 bridgehead atoms. The van der Waals surface area contributed by atoms with Crippen LogP contribution in [0.25, 0.3) is 0 Å². The molecule has 1 aliphatic rings. The highest BCUT2D eigenvalue weighted by molar-refractivity contribution is 6.80. The molecular formula is C10H19NO2Si. The Morgan fingerprint density at radius 2 is 1.93 bits per heavy atom. The van der Waals surface area contributed by atoms with Gasteiger partial charge in [0.15, 0.2) is 8.24 Å². The van der Waals surface area contributed by atoms with Crippen LogP contribution in [0.2, 0.25) is 18.1 Å². The van der Waals surface area contributed by atoms with Gasteiger partial charge in [0.2, 0.25) is 5.91 Å². The van der Waals surface area contributed by atoms with Gasteiger partial charge in [0.1, 0.15) is 6.29 Å². The SMILES string of the molecule is CC(C)(C)[Si](C)(C)N1C(=O)CC1C=O. The Bertz CT molecular complexity index is 268. The Balaban J connectivity index is 2.92. The Morgan fingerprint density at radius 3 is 2.21 bits per heavy atom. The van der Waals surface area contributed by atoms with E-state index in [1.807, 2.05) is 4.57 Å². The molecule has 1 rings (SSSR count). The van der Waals surface area contributed by atoms with Crippen LogP contribution < -0.4 is 0 Å². The minimum Gasteiger partial charge on any atom is -0.359 e. The van der Waals surface area contributed by atoms with Crippen LogP contribution >= 0.6 is 0 Å². The van der Waals surface area contributed by atoms with E-state index in [-0.39, 0.29) is 17.0 Å². The molecule has 1 unspecified atom stereocenters. The number of hydrogen-bond donors (Lipinski definition) is 0. The zero-order chi connectivity index (χ0) is 11.1. The van der Waals surface area contributed by atoms with E-state index in [9.17, 15) is 9.59 Å².